The molecule has 1 aliphatic heterocycles. The summed E-state index contributed by atoms with van der Waals surface area (Å²) in [6, 6.07) is 0. The van der Waals surface area contributed by atoms with Crippen molar-refractivity contribution < 1.29 is 4.79 Å². The second kappa shape index (κ2) is 5.50. The summed E-state index contributed by atoms with van der Waals surface area (Å²) in [5.41, 5.74) is 0. The summed E-state index contributed by atoms with van der Waals surface area (Å²) in [7, 11) is 0. The minimum Gasteiger partial charge on any atom is -0.344 e. The maximum absolute atomic E-state index is 10.5. The first-order chi connectivity index (χ1) is 6.33. The van der Waals surface area contributed by atoms with E-state index in [-0.39, 0.29) is 4.87 Å². The summed E-state index contributed by atoms with van der Waals surface area (Å²) in [6.07, 6.45) is 4.08. The Morgan fingerprint density at radius 3 is 2.77 bits per heavy atom. The molecule has 0 aromatic rings. The van der Waals surface area contributed by atoms with Crippen LogP contribution in [0.25, 0.3) is 0 Å². The average molecular weight is 202 g/mol. The molecule has 0 aromatic heterocycles. The van der Waals surface area contributed by atoms with Crippen molar-refractivity contribution in [3.05, 3.63) is 0 Å². The van der Waals surface area contributed by atoms with E-state index >= 15 is 0 Å². The second-order valence-electron chi connectivity index (χ2n) is 3.35. The number of nitrogens with one attached hydrogen (secondary N) is 2. The Morgan fingerprint density at radius 1 is 1.54 bits per heavy atom. The maximum atomic E-state index is 10.5. The zero-order valence-electron chi connectivity index (χ0n) is 8.14. The lowest BCUT2D eigenvalue weighted by Gasteiger charge is -2.36. The van der Waals surface area contributed by atoms with Crippen LogP contribution in [0.15, 0.2) is 0 Å². The van der Waals surface area contributed by atoms with Gasteiger partial charge in [0.05, 0.1) is 4.87 Å². The molecule has 13 heavy (non-hydrogen) atoms. The van der Waals surface area contributed by atoms with Gasteiger partial charge in [-0.25, -0.2) is 0 Å². The fourth-order valence-corrected chi connectivity index (χ4v) is 2.78. The minimum absolute atomic E-state index is 0.0169. The first-order valence-corrected chi connectivity index (χ1v) is 5.87. The summed E-state index contributed by atoms with van der Waals surface area (Å²) < 4.78 is 0. The zero-order chi connectivity index (χ0) is 9.57. The van der Waals surface area contributed by atoms with Crippen LogP contribution in [-0.2, 0) is 4.79 Å². The maximum Gasteiger partial charge on any atom is 0.208 e. The predicted molar refractivity (Wildman–Crippen MR) is 56.8 cm³/mol. The minimum atomic E-state index is 0.0169. The summed E-state index contributed by atoms with van der Waals surface area (Å²) in [4.78, 5) is 10.5. The van der Waals surface area contributed by atoms with Crippen LogP contribution in [0.4, 0.5) is 0 Å². The lowest BCUT2D eigenvalue weighted by molar-refractivity contribution is -0.110. The molecule has 0 bridgehead atoms. The fourth-order valence-electron chi connectivity index (χ4n) is 1.57. The average Bonchev–Trinajstić information content (AvgIpc) is 2.17. The number of hydrogen-bond acceptors (Lipinski definition) is 3. The third kappa shape index (κ3) is 3.19. The van der Waals surface area contributed by atoms with E-state index in [0.29, 0.717) is 0 Å². The fraction of sp³-hybridized carbons (Fsp3) is 0.889. The molecular formula is C9H18N2OS. The smallest absolute Gasteiger partial charge is 0.208 e. The molecule has 1 amide bonds. The van der Waals surface area contributed by atoms with Gasteiger partial charge in [0, 0.05) is 0 Å². The quantitative estimate of drug-likeness (QED) is 0.515. The van der Waals surface area contributed by atoms with E-state index in [1.807, 2.05) is 11.8 Å². The first-order valence-electron chi connectivity index (χ1n) is 4.89. The van der Waals surface area contributed by atoms with Crippen LogP contribution in [0.1, 0.15) is 26.2 Å². The lowest BCUT2D eigenvalue weighted by Crippen LogP contribution is -2.49. The van der Waals surface area contributed by atoms with Gasteiger partial charge in [0.15, 0.2) is 0 Å². The highest BCUT2D eigenvalue weighted by molar-refractivity contribution is 8.00. The van der Waals surface area contributed by atoms with E-state index in [2.05, 4.69) is 17.6 Å². The molecule has 76 valence electrons. The number of carbonyl (C=O) groups is 1. The van der Waals surface area contributed by atoms with Crippen LogP contribution < -0.4 is 10.6 Å². The highest BCUT2D eigenvalue weighted by Gasteiger charge is 2.31. The SMILES string of the molecule is CCCSC1(NC=O)CCNCC1. The lowest BCUT2D eigenvalue weighted by atomic mass is 10.1. The van der Waals surface area contributed by atoms with Crippen molar-refractivity contribution in [2.24, 2.45) is 0 Å². The van der Waals surface area contributed by atoms with Crippen molar-refractivity contribution in [2.45, 2.75) is 31.1 Å². The van der Waals surface area contributed by atoms with Crippen LogP contribution in [0.2, 0.25) is 0 Å². The van der Waals surface area contributed by atoms with Gasteiger partial charge in [-0.05, 0) is 38.1 Å². The second-order valence-corrected chi connectivity index (χ2v) is 4.83. The van der Waals surface area contributed by atoms with Crippen LogP contribution in [0.3, 0.4) is 0 Å². The normalized spacial score (nSPS) is 21.0. The van der Waals surface area contributed by atoms with Crippen molar-refractivity contribution in [3.8, 4) is 0 Å². The van der Waals surface area contributed by atoms with Gasteiger partial charge in [0.25, 0.3) is 0 Å². The Balaban J connectivity index is 2.45. The molecule has 0 atom stereocenters. The summed E-state index contributed by atoms with van der Waals surface area (Å²) >= 11 is 1.89. The highest BCUT2D eigenvalue weighted by Crippen LogP contribution is 2.31. The molecule has 3 nitrogen and oxygen atoms in total. The van der Waals surface area contributed by atoms with Gasteiger partial charge >= 0.3 is 0 Å². The third-order valence-electron chi connectivity index (χ3n) is 2.32. The van der Waals surface area contributed by atoms with E-state index in [1.165, 1.54) is 6.42 Å². The summed E-state index contributed by atoms with van der Waals surface area (Å²) in [5.74, 6) is 1.13. The molecule has 0 unspecified atom stereocenters. The monoisotopic (exact) mass is 202 g/mol. The van der Waals surface area contributed by atoms with E-state index < -0.39 is 0 Å². The largest absolute Gasteiger partial charge is 0.344 e. The number of piperidine rings is 1. The van der Waals surface area contributed by atoms with Gasteiger partial charge in [0.2, 0.25) is 6.41 Å². The molecule has 4 heteroatoms. The molecule has 0 saturated carbocycles. The Labute approximate surface area is 84.0 Å². The number of thioether (sulfide) groups is 1. The van der Waals surface area contributed by atoms with Gasteiger partial charge in [-0.15, -0.1) is 11.8 Å². The Hall–Kier alpha value is -0.220. The van der Waals surface area contributed by atoms with E-state index in [9.17, 15) is 4.79 Å². The van der Waals surface area contributed by atoms with Crippen LogP contribution in [0, 0.1) is 0 Å². The number of amides is 1. The van der Waals surface area contributed by atoms with Gasteiger partial charge in [-0.3, -0.25) is 4.79 Å². The number of carbonyl (C=O) groups excluding carboxylic acids is 1. The molecule has 1 rings (SSSR count). The van der Waals surface area contributed by atoms with Gasteiger partial charge < -0.3 is 10.6 Å². The Morgan fingerprint density at radius 2 is 2.23 bits per heavy atom. The summed E-state index contributed by atoms with van der Waals surface area (Å²) in [6.45, 7) is 4.19. The van der Waals surface area contributed by atoms with Crippen molar-refractivity contribution in [1.29, 1.82) is 0 Å². The number of hydrogen-bond donors (Lipinski definition) is 2. The molecule has 1 heterocycles. The van der Waals surface area contributed by atoms with Crippen molar-refractivity contribution >= 4 is 18.2 Å². The standard InChI is InChI=1S/C9H18N2OS/c1-2-7-13-9(11-8-12)3-5-10-6-4-9/h8,10H,2-7H2,1H3,(H,11,12). The van der Waals surface area contributed by atoms with Gasteiger partial charge in [-0.1, -0.05) is 6.92 Å². The number of rotatable bonds is 5. The van der Waals surface area contributed by atoms with E-state index in [4.69, 9.17) is 0 Å². The molecule has 2 N–H and O–H groups in total. The molecule has 0 radical (unpaired) electrons. The van der Waals surface area contributed by atoms with E-state index in [0.717, 1.165) is 38.1 Å². The van der Waals surface area contributed by atoms with Crippen molar-refractivity contribution in [2.75, 3.05) is 18.8 Å². The third-order valence-corrected chi connectivity index (χ3v) is 4.01. The van der Waals surface area contributed by atoms with Crippen molar-refractivity contribution in [1.82, 2.24) is 10.6 Å². The molecule has 0 aromatic carbocycles. The molecule has 1 saturated heterocycles. The van der Waals surface area contributed by atoms with Crippen molar-refractivity contribution in [3.63, 3.8) is 0 Å². The van der Waals surface area contributed by atoms with Crippen LogP contribution >= 0.6 is 11.8 Å². The zero-order valence-corrected chi connectivity index (χ0v) is 8.95. The molecule has 1 fully saturated rings. The molecular weight excluding hydrogens is 184 g/mol. The predicted octanol–water partition coefficient (Wildman–Crippen LogP) is 0.955. The topological polar surface area (TPSA) is 41.1 Å². The van der Waals surface area contributed by atoms with Crippen LogP contribution in [-0.4, -0.2) is 30.1 Å². The van der Waals surface area contributed by atoms with Gasteiger partial charge in [0.1, 0.15) is 0 Å². The van der Waals surface area contributed by atoms with E-state index in [1.54, 1.807) is 0 Å². The highest BCUT2D eigenvalue weighted by atomic mass is 32.2. The molecule has 0 spiro atoms. The van der Waals surface area contributed by atoms with Crippen LogP contribution in [0.5, 0.6) is 0 Å². The molecule has 0 aliphatic carbocycles. The first kappa shape index (κ1) is 10.9. The summed E-state index contributed by atoms with van der Waals surface area (Å²) in [5, 5.41) is 6.28. The Kier molecular flexibility index (Phi) is 4.59. The Bertz CT molecular complexity index is 158. The molecule has 1 aliphatic rings. The van der Waals surface area contributed by atoms with Gasteiger partial charge in [-0.2, -0.15) is 0 Å².